The van der Waals surface area contributed by atoms with Crippen molar-refractivity contribution in [2.24, 2.45) is 34.3 Å². The van der Waals surface area contributed by atoms with Crippen molar-refractivity contribution in [1.29, 1.82) is 0 Å². The van der Waals surface area contributed by atoms with Crippen molar-refractivity contribution in [2.45, 2.75) is 65.6 Å². The molecule has 2 aliphatic heterocycles. The normalized spacial score (nSPS) is 28.9. The van der Waals surface area contributed by atoms with E-state index in [9.17, 15) is 24.0 Å². The van der Waals surface area contributed by atoms with Crippen molar-refractivity contribution in [1.82, 2.24) is 26.2 Å². The molecule has 0 aromatic heterocycles. The van der Waals surface area contributed by atoms with Crippen LogP contribution in [0.25, 0.3) is 0 Å². The Bertz CT molecular complexity index is 882. The van der Waals surface area contributed by atoms with Crippen molar-refractivity contribution >= 4 is 29.7 Å². The first-order chi connectivity index (χ1) is 15.7. The fourth-order valence-corrected chi connectivity index (χ4v) is 5.49. The summed E-state index contributed by atoms with van der Waals surface area (Å²) in [6.45, 7) is 10.6. The summed E-state index contributed by atoms with van der Waals surface area (Å²) in [7, 11) is 1.47. The first-order valence-electron chi connectivity index (χ1n) is 11.9. The summed E-state index contributed by atoms with van der Waals surface area (Å²) < 4.78 is 0. The topological polar surface area (TPSA) is 163 Å². The number of rotatable bonds is 7. The zero-order valence-corrected chi connectivity index (χ0v) is 20.9. The van der Waals surface area contributed by atoms with Gasteiger partial charge in [0.1, 0.15) is 18.1 Å². The van der Waals surface area contributed by atoms with Crippen LogP contribution in [0.4, 0.5) is 4.79 Å². The zero-order valence-electron chi connectivity index (χ0n) is 20.9. The lowest BCUT2D eigenvalue weighted by Crippen LogP contribution is -2.61. The van der Waals surface area contributed by atoms with E-state index in [1.807, 2.05) is 20.8 Å². The summed E-state index contributed by atoms with van der Waals surface area (Å²) in [5.41, 5.74) is 4.83. The Morgan fingerprint density at radius 3 is 2.35 bits per heavy atom. The average Bonchev–Trinajstić information content (AvgIpc) is 3.10. The van der Waals surface area contributed by atoms with E-state index in [0.717, 1.165) is 0 Å². The van der Waals surface area contributed by atoms with Gasteiger partial charge in [-0.15, -0.1) is 0 Å². The quantitative estimate of drug-likeness (QED) is 0.327. The number of carbonyl (C=O) groups is 5. The minimum atomic E-state index is -1.01. The second kappa shape index (κ2) is 9.07. The molecule has 3 aliphatic rings. The number of primary amides is 1. The van der Waals surface area contributed by atoms with E-state index in [1.165, 1.54) is 11.9 Å². The lowest BCUT2D eigenvalue weighted by molar-refractivity contribution is -0.144. The van der Waals surface area contributed by atoms with Gasteiger partial charge in [-0.3, -0.25) is 19.2 Å². The predicted octanol–water partition coefficient (Wildman–Crippen LogP) is -0.691. The first-order valence-corrected chi connectivity index (χ1v) is 11.9. The number of piperidine rings is 1. The van der Waals surface area contributed by atoms with Gasteiger partial charge in [0.15, 0.2) is 0 Å². The third-order valence-corrected chi connectivity index (χ3v) is 7.72. The Morgan fingerprint density at radius 2 is 1.85 bits per heavy atom. The monoisotopic (exact) mass is 478 g/mol. The molecular weight excluding hydrogens is 440 g/mol. The van der Waals surface area contributed by atoms with Crippen LogP contribution in [0.1, 0.15) is 47.5 Å². The molecule has 0 bridgehead atoms. The van der Waals surface area contributed by atoms with Crippen molar-refractivity contribution in [3.05, 3.63) is 0 Å². The van der Waals surface area contributed by atoms with E-state index < -0.39 is 47.3 Å². The Balaban J connectivity index is 1.82. The number of carbonyl (C=O) groups excluding carboxylic acids is 5. The summed E-state index contributed by atoms with van der Waals surface area (Å²) in [5, 5.41) is 10.6. The van der Waals surface area contributed by atoms with Gasteiger partial charge in [0, 0.05) is 26.1 Å². The molecule has 34 heavy (non-hydrogen) atoms. The third-order valence-electron chi connectivity index (χ3n) is 7.72. The van der Waals surface area contributed by atoms with Crippen LogP contribution >= 0.6 is 0 Å². The molecule has 3 fully saturated rings. The molecule has 190 valence electrons. The van der Waals surface area contributed by atoms with Gasteiger partial charge >= 0.3 is 6.03 Å². The highest BCUT2D eigenvalue weighted by atomic mass is 16.2. The zero-order chi connectivity index (χ0) is 25.6. The lowest BCUT2D eigenvalue weighted by atomic mass is 9.85. The fraction of sp³-hybridized carbons (Fsp3) is 0.783. The fourth-order valence-electron chi connectivity index (χ4n) is 5.49. The van der Waals surface area contributed by atoms with Gasteiger partial charge in [-0.05, 0) is 35.5 Å². The molecule has 6 N–H and O–H groups in total. The van der Waals surface area contributed by atoms with Crippen LogP contribution in [0.2, 0.25) is 0 Å². The minimum Gasteiger partial charge on any atom is -0.368 e. The van der Waals surface area contributed by atoms with Crippen LogP contribution in [0.15, 0.2) is 0 Å². The van der Waals surface area contributed by atoms with Crippen LogP contribution < -0.4 is 27.0 Å². The first kappa shape index (κ1) is 25.8. The Morgan fingerprint density at radius 1 is 1.21 bits per heavy atom. The molecule has 2 heterocycles. The van der Waals surface area contributed by atoms with Gasteiger partial charge in [-0.2, -0.15) is 0 Å². The Hall–Kier alpha value is -2.85. The predicted molar refractivity (Wildman–Crippen MR) is 124 cm³/mol. The number of hydrogen-bond donors (Lipinski definition) is 5. The van der Waals surface area contributed by atoms with Crippen LogP contribution in [0, 0.1) is 28.6 Å². The number of hydrogen-bond acceptors (Lipinski definition) is 5. The molecule has 0 spiro atoms. The van der Waals surface area contributed by atoms with E-state index >= 15 is 0 Å². The summed E-state index contributed by atoms with van der Waals surface area (Å²) >= 11 is 0. The highest BCUT2D eigenvalue weighted by Crippen LogP contribution is 2.65. The van der Waals surface area contributed by atoms with E-state index in [2.05, 4.69) is 35.1 Å². The molecule has 6 atom stereocenters. The second-order valence-corrected chi connectivity index (χ2v) is 11.4. The van der Waals surface area contributed by atoms with Gasteiger partial charge < -0.3 is 31.9 Å². The molecule has 1 aliphatic carbocycles. The Labute approximate surface area is 200 Å². The molecule has 11 nitrogen and oxygen atoms in total. The molecule has 11 heteroatoms. The highest BCUT2D eigenvalue weighted by Gasteiger charge is 2.69. The molecule has 3 rings (SSSR count). The van der Waals surface area contributed by atoms with E-state index in [0.29, 0.717) is 19.5 Å². The van der Waals surface area contributed by atoms with Gasteiger partial charge in [-0.1, -0.05) is 34.6 Å². The Kier molecular flexibility index (Phi) is 6.87. The summed E-state index contributed by atoms with van der Waals surface area (Å²) in [4.78, 5) is 64.8. The number of nitrogens with one attached hydrogen (secondary N) is 4. The number of amides is 6. The average molecular weight is 479 g/mol. The highest BCUT2D eigenvalue weighted by molar-refractivity contribution is 5.95. The van der Waals surface area contributed by atoms with Gasteiger partial charge in [-0.25, -0.2) is 4.79 Å². The number of nitrogens with two attached hydrogens (primary N) is 1. The van der Waals surface area contributed by atoms with Gasteiger partial charge in [0.2, 0.25) is 23.6 Å². The van der Waals surface area contributed by atoms with Crippen LogP contribution in [-0.2, 0) is 19.2 Å². The van der Waals surface area contributed by atoms with E-state index in [-0.39, 0.29) is 35.5 Å². The lowest BCUT2D eigenvalue weighted by Gasteiger charge is -2.37. The molecular formula is C23H38N6O5. The molecule has 0 unspecified atom stereocenters. The smallest absolute Gasteiger partial charge is 0.315 e. The van der Waals surface area contributed by atoms with Crippen LogP contribution in [0.3, 0.4) is 0 Å². The minimum absolute atomic E-state index is 0.0691. The van der Waals surface area contributed by atoms with Gasteiger partial charge in [0.25, 0.3) is 0 Å². The number of likely N-dealkylation sites (tertiary alicyclic amines) is 1. The molecule has 0 aromatic carbocycles. The molecule has 0 radical (unpaired) electrons. The maximum absolute atomic E-state index is 13.6. The standard InChI is InChI=1S/C23H38N6O5/c1-22(2,3)16(28-21(34)25-6)20(33)29-10-12-14(23(12,4)5)15(29)19(32)27-13(17(24)30)9-11-7-8-26-18(11)31/h11-16H,7-10H2,1-6H3,(H2,24,30)(H,26,31)(H,27,32)(H2,25,28,34)/t11-,12-,13-,14-,15-,16+/m0/s1. The number of fused-ring (bicyclic) bond motifs is 1. The largest absolute Gasteiger partial charge is 0.368 e. The van der Waals surface area contributed by atoms with Crippen molar-refractivity contribution in [3.8, 4) is 0 Å². The summed E-state index contributed by atoms with van der Waals surface area (Å²) in [5.74, 6) is -2.00. The van der Waals surface area contributed by atoms with E-state index in [1.54, 1.807) is 0 Å². The van der Waals surface area contributed by atoms with Gasteiger partial charge in [0.05, 0.1) is 0 Å². The number of urea groups is 1. The van der Waals surface area contributed by atoms with Crippen LogP contribution in [-0.4, -0.2) is 72.8 Å². The molecule has 6 amide bonds. The summed E-state index contributed by atoms with van der Waals surface area (Å²) in [6.07, 6.45) is 0.691. The maximum Gasteiger partial charge on any atom is 0.315 e. The molecule has 1 saturated carbocycles. The van der Waals surface area contributed by atoms with Crippen LogP contribution in [0.5, 0.6) is 0 Å². The molecule has 2 saturated heterocycles. The molecule has 0 aromatic rings. The number of nitrogens with zero attached hydrogens (tertiary/aromatic N) is 1. The SMILES string of the molecule is CNC(=O)N[C@H](C(=O)N1C[C@H]2[C@@H]([C@H]1C(=O)N[C@@H](C[C@@H]1CCNC1=O)C(N)=O)C2(C)C)C(C)(C)C. The maximum atomic E-state index is 13.6. The van der Waals surface area contributed by atoms with Crippen molar-refractivity contribution in [2.75, 3.05) is 20.1 Å². The summed E-state index contributed by atoms with van der Waals surface area (Å²) in [6, 6.07) is -3.13. The van der Waals surface area contributed by atoms with E-state index in [4.69, 9.17) is 5.73 Å². The third kappa shape index (κ3) is 4.83. The van der Waals surface area contributed by atoms with Crippen molar-refractivity contribution < 1.29 is 24.0 Å². The van der Waals surface area contributed by atoms with Crippen molar-refractivity contribution in [3.63, 3.8) is 0 Å². The second-order valence-electron chi connectivity index (χ2n) is 11.4.